The van der Waals surface area contributed by atoms with Crippen molar-refractivity contribution in [2.75, 3.05) is 0 Å². The van der Waals surface area contributed by atoms with Crippen LogP contribution < -0.4 is 0 Å². The zero-order chi connectivity index (χ0) is 40.7. The molecule has 0 aliphatic heterocycles. The molecule has 0 unspecified atom stereocenters. The lowest BCUT2D eigenvalue weighted by atomic mass is 9.95. The zero-order valence-electron chi connectivity index (χ0n) is 33.8. The summed E-state index contributed by atoms with van der Waals surface area (Å²) in [4.78, 5) is 0. The lowest BCUT2D eigenvalue weighted by Gasteiger charge is -2.12. The van der Waals surface area contributed by atoms with E-state index in [1.807, 2.05) is 0 Å². The maximum absolute atomic E-state index is 2.43. The summed E-state index contributed by atoms with van der Waals surface area (Å²) in [7, 11) is 0. The normalized spacial score (nSPS) is 11.9. The topological polar surface area (TPSA) is 9.86 Å². The monoisotopic (exact) mass is 786 g/mol. The molecule has 62 heavy (non-hydrogen) atoms. The van der Waals surface area contributed by atoms with E-state index in [2.05, 4.69) is 240 Å². The van der Waals surface area contributed by atoms with Gasteiger partial charge in [-0.2, -0.15) is 0 Å². The van der Waals surface area contributed by atoms with Crippen LogP contribution in [-0.4, -0.2) is 9.13 Å². The van der Waals surface area contributed by atoms with Gasteiger partial charge in [0.1, 0.15) is 0 Å². The quantitative estimate of drug-likeness (QED) is 0.154. The molecule has 0 radical (unpaired) electrons. The smallest absolute Gasteiger partial charge is 0.0541 e. The molecule has 13 aromatic rings. The average Bonchev–Trinajstić information content (AvgIpc) is 3.86. The molecule has 288 valence electrons. The minimum absolute atomic E-state index is 1.15. The van der Waals surface area contributed by atoms with Gasteiger partial charge in [0.2, 0.25) is 0 Å². The van der Waals surface area contributed by atoms with E-state index in [1.54, 1.807) is 0 Å². The van der Waals surface area contributed by atoms with Gasteiger partial charge in [-0.15, -0.1) is 0 Å². The summed E-state index contributed by atoms with van der Waals surface area (Å²) < 4.78 is 4.84. The zero-order valence-corrected chi connectivity index (χ0v) is 33.8. The van der Waals surface area contributed by atoms with Crippen LogP contribution in [0.3, 0.4) is 0 Å². The third kappa shape index (κ3) is 5.37. The van der Waals surface area contributed by atoms with Crippen LogP contribution in [0.25, 0.3) is 121 Å². The third-order valence-corrected chi connectivity index (χ3v) is 13.1. The summed E-state index contributed by atoms with van der Waals surface area (Å²) in [5.41, 5.74) is 14.4. The van der Waals surface area contributed by atoms with Crippen LogP contribution in [0.15, 0.2) is 231 Å². The molecule has 2 heterocycles. The Balaban J connectivity index is 0.906. The second-order valence-electron chi connectivity index (χ2n) is 16.5. The van der Waals surface area contributed by atoms with Crippen molar-refractivity contribution in [3.05, 3.63) is 231 Å². The van der Waals surface area contributed by atoms with Crippen LogP contribution in [-0.2, 0) is 0 Å². The van der Waals surface area contributed by atoms with Gasteiger partial charge in [0.05, 0.1) is 22.1 Å². The molecule has 0 atom stereocenters. The van der Waals surface area contributed by atoms with Crippen molar-refractivity contribution < 1.29 is 0 Å². The maximum Gasteiger partial charge on any atom is 0.0541 e. The minimum Gasteiger partial charge on any atom is -0.309 e. The van der Waals surface area contributed by atoms with Crippen LogP contribution in [0.4, 0.5) is 0 Å². The predicted molar refractivity (Wildman–Crippen MR) is 264 cm³/mol. The van der Waals surface area contributed by atoms with E-state index in [0.717, 1.165) is 11.4 Å². The van der Waals surface area contributed by atoms with E-state index < -0.39 is 0 Å². The lowest BCUT2D eigenvalue weighted by molar-refractivity contribution is 1.18. The highest BCUT2D eigenvalue weighted by molar-refractivity contribution is 6.18. The van der Waals surface area contributed by atoms with Crippen molar-refractivity contribution in [3.8, 4) is 44.8 Å². The van der Waals surface area contributed by atoms with Gasteiger partial charge in [-0.05, 0) is 132 Å². The van der Waals surface area contributed by atoms with Gasteiger partial charge < -0.3 is 9.13 Å². The molecule has 0 aliphatic rings. The van der Waals surface area contributed by atoms with Crippen molar-refractivity contribution >= 4 is 75.9 Å². The standard InChI is InChI=1S/C60H38N2/c1-2-12-39(13-3-1)41-15-10-17-47(35-41)61-57-22-8-6-20-53(57)55-37-44(27-32-59(55)61)45-28-33-60-56(38-45)54-21-7-9-23-58(54)62(60)48-18-11-16-42(36-48)43-25-29-50-46(34-43)26-31-51-49-19-5-4-14-40(49)24-30-52(50)51/h1-38H. The van der Waals surface area contributed by atoms with Crippen molar-refractivity contribution in [2.24, 2.45) is 0 Å². The van der Waals surface area contributed by atoms with Crippen molar-refractivity contribution in [1.82, 2.24) is 9.13 Å². The molecular formula is C60H38N2. The van der Waals surface area contributed by atoms with Gasteiger partial charge in [-0.1, -0.05) is 164 Å². The second-order valence-corrected chi connectivity index (χ2v) is 16.5. The largest absolute Gasteiger partial charge is 0.309 e. The van der Waals surface area contributed by atoms with E-state index in [1.165, 1.54) is 109 Å². The summed E-state index contributed by atoms with van der Waals surface area (Å²) in [5.74, 6) is 0. The number of aromatic nitrogens is 2. The Morgan fingerprint density at radius 1 is 0.194 bits per heavy atom. The van der Waals surface area contributed by atoms with Crippen molar-refractivity contribution in [1.29, 1.82) is 0 Å². The van der Waals surface area contributed by atoms with E-state index in [0.29, 0.717) is 0 Å². The first kappa shape index (κ1) is 34.6. The van der Waals surface area contributed by atoms with Crippen molar-refractivity contribution in [2.45, 2.75) is 0 Å². The Bertz CT molecular complexity index is 3920. The van der Waals surface area contributed by atoms with Crippen LogP contribution in [0.1, 0.15) is 0 Å². The Morgan fingerprint density at radius 3 is 1.24 bits per heavy atom. The van der Waals surface area contributed by atoms with E-state index in [9.17, 15) is 0 Å². The van der Waals surface area contributed by atoms with Gasteiger partial charge in [0, 0.05) is 32.9 Å². The average molecular weight is 787 g/mol. The second kappa shape index (κ2) is 13.7. The summed E-state index contributed by atoms with van der Waals surface area (Å²) in [6, 6.07) is 84.8. The molecule has 0 N–H and O–H groups in total. The van der Waals surface area contributed by atoms with Gasteiger partial charge in [-0.3, -0.25) is 0 Å². The number of hydrogen-bond donors (Lipinski definition) is 0. The summed E-state index contributed by atoms with van der Waals surface area (Å²) in [6.45, 7) is 0. The number of hydrogen-bond acceptors (Lipinski definition) is 0. The van der Waals surface area contributed by atoms with Gasteiger partial charge in [0.25, 0.3) is 0 Å². The first-order chi connectivity index (χ1) is 30.7. The molecule has 2 aromatic heterocycles. The molecule has 11 aromatic carbocycles. The summed E-state index contributed by atoms with van der Waals surface area (Å²) in [6.07, 6.45) is 0. The number of para-hydroxylation sites is 2. The molecular weight excluding hydrogens is 749 g/mol. The number of benzene rings is 11. The third-order valence-electron chi connectivity index (χ3n) is 13.1. The maximum atomic E-state index is 2.43. The molecule has 13 rings (SSSR count). The van der Waals surface area contributed by atoms with Crippen molar-refractivity contribution in [3.63, 3.8) is 0 Å². The number of fused-ring (bicyclic) bond motifs is 11. The van der Waals surface area contributed by atoms with E-state index in [4.69, 9.17) is 0 Å². The molecule has 0 amide bonds. The first-order valence-corrected chi connectivity index (χ1v) is 21.4. The molecule has 2 heteroatoms. The molecule has 0 spiro atoms. The number of nitrogens with zero attached hydrogens (tertiary/aromatic N) is 2. The van der Waals surface area contributed by atoms with Crippen LogP contribution in [0.5, 0.6) is 0 Å². The SMILES string of the molecule is c1ccc(-c2cccc(-n3c4ccccc4c4cc(-c5ccc6c(c5)c5ccccc5n6-c5cccc(-c6ccc7c(ccc8c9ccccc9ccc78)c6)c5)ccc43)c2)cc1. The fraction of sp³-hybridized carbons (Fsp3) is 0. The van der Waals surface area contributed by atoms with E-state index >= 15 is 0 Å². The van der Waals surface area contributed by atoms with Crippen LogP contribution >= 0.6 is 0 Å². The highest BCUT2D eigenvalue weighted by atomic mass is 15.0. The van der Waals surface area contributed by atoms with E-state index in [-0.39, 0.29) is 0 Å². The van der Waals surface area contributed by atoms with Gasteiger partial charge >= 0.3 is 0 Å². The molecule has 0 fully saturated rings. The number of rotatable bonds is 5. The highest BCUT2D eigenvalue weighted by Gasteiger charge is 2.17. The van der Waals surface area contributed by atoms with Gasteiger partial charge in [-0.25, -0.2) is 0 Å². The minimum atomic E-state index is 1.15. The van der Waals surface area contributed by atoms with Crippen LogP contribution in [0.2, 0.25) is 0 Å². The summed E-state index contributed by atoms with van der Waals surface area (Å²) >= 11 is 0. The molecule has 0 bridgehead atoms. The lowest BCUT2D eigenvalue weighted by Crippen LogP contribution is -1.94. The first-order valence-electron chi connectivity index (χ1n) is 21.4. The summed E-state index contributed by atoms with van der Waals surface area (Å²) in [5, 5.41) is 12.7. The van der Waals surface area contributed by atoms with Crippen LogP contribution in [0, 0.1) is 0 Å². The molecule has 0 saturated carbocycles. The Morgan fingerprint density at radius 2 is 0.613 bits per heavy atom. The molecule has 0 saturated heterocycles. The Hall–Kier alpha value is -8.20. The predicted octanol–water partition coefficient (Wildman–Crippen LogP) is 16.3. The highest BCUT2D eigenvalue weighted by Crippen LogP contribution is 2.40. The molecule has 0 aliphatic carbocycles. The Labute approximate surface area is 358 Å². The molecule has 2 nitrogen and oxygen atoms in total. The fourth-order valence-electron chi connectivity index (χ4n) is 10.1. The van der Waals surface area contributed by atoms with Gasteiger partial charge in [0.15, 0.2) is 0 Å². The Kier molecular flexibility index (Phi) is 7.64. The fourth-order valence-corrected chi connectivity index (χ4v) is 10.1.